The Morgan fingerprint density at radius 2 is 1.82 bits per heavy atom. The largest absolute Gasteiger partial charge is 0.497 e. The topological polar surface area (TPSA) is 105 Å². The van der Waals surface area contributed by atoms with Gasteiger partial charge in [-0.25, -0.2) is 0 Å². The highest BCUT2D eigenvalue weighted by molar-refractivity contribution is 7.87. The van der Waals surface area contributed by atoms with E-state index in [1.165, 1.54) is 43.5 Å². The first-order valence-corrected chi connectivity index (χ1v) is 11.4. The average molecular weight is 483 g/mol. The van der Waals surface area contributed by atoms with Crippen LogP contribution in [0.15, 0.2) is 77.2 Å². The summed E-state index contributed by atoms with van der Waals surface area (Å²) in [6, 6.07) is 18.8. The minimum atomic E-state index is -4.18. The van der Waals surface area contributed by atoms with Crippen molar-refractivity contribution in [3.63, 3.8) is 0 Å². The number of halogens is 1. The number of anilines is 1. The number of amides is 1. The van der Waals surface area contributed by atoms with E-state index in [-0.39, 0.29) is 21.8 Å². The third-order valence-electron chi connectivity index (χ3n) is 4.48. The molecule has 0 aliphatic carbocycles. The minimum Gasteiger partial charge on any atom is -0.497 e. The van der Waals surface area contributed by atoms with Crippen LogP contribution in [0.5, 0.6) is 11.5 Å². The van der Waals surface area contributed by atoms with Crippen LogP contribution < -0.4 is 14.2 Å². The highest BCUT2D eigenvalue weighted by Crippen LogP contribution is 2.30. The van der Waals surface area contributed by atoms with Gasteiger partial charge >= 0.3 is 10.1 Å². The fourth-order valence-electron chi connectivity index (χ4n) is 2.77. The van der Waals surface area contributed by atoms with Crippen LogP contribution in [-0.4, -0.2) is 21.4 Å². The Balaban J connectivity index is 1.96. The maximum absolute atomic E-state index is 12.8. The normalized spacial score (nSPS) is 11.4. The van der Waals surface area contributed by atoms with E-state index in [1.54, 1.807) is 36.4 Å². The van der Waals surface area contributed by atoms with E-state index >= 15 is 0 Å². The Kier molecular flexibility index (Phi) is 7.38. The summed E-state index contributed by atoms with van der Waals surface area (Å²) in [4.78, 5) is 12.6. The molecule has 3 aromatic carbocycles. The molecule has 33 heavy (non-hydrogen) atoms. The molecule has 0 heterocycles. The number of methoxy groups -OCH3 is 1. The molecule has 1 N–H and O–H groups in total. The number of aryl methyl sites for hydroxylation is 1. The quantitative estimate of drug-likeness (QED) is 0.289. The van der Waals surface area contributed by atoms with Crippen LogP contribution in [0.1, 0.15) is 11.1 Å². The lowest BCUT2D eigenvalue weighted by Gasteiger charge is -2.12. The first-order chi connectivity index (χ1) is 15.7. The summed E-state index contributed by atoms with van der Waals surface area (Å²) in [5.74, 6) is -0.454. The number of hydrogen-bond acceptors (Lipinski definition) is 6. The van der Waals surface area contributed by atoms with Gasteiger partial charge in [-0.05, 0) is 55.5 Å². The second-order valence-corrected chi connectivity index (χ2v) is 8.87. The van der Waals surface area contributed by atoms with Crippen LogP contribution in [0.2, 0.25) is 5.02 Å². The molecule has 0 spiro atoms. The molecule has 0 radical (unpaired) electrons. The summed E-state index contributed by atoms with van der Waals surface area (Å²) in [6.45, 7) is 1.83. The Bertz CT molecular complexity index is 1360. The van der Waals surface area contributed by atoms with Crippen LogP contribution in [-0.2, 0) is 14.9 Å². The molecule has 0 fully saturated rings. The van der Waals surface area contributed by atoms with Crippen LogP contribution in [0.25, 0.3) is 6.08 Å². The van der Waals surface area contributed by atoms with Crippen LogP contribution in [0.3, 0.4) is 0 Å². The summed E-state index contributed by atoms with van der Waals surface area (Å²) in [5.41, 5.74) is 1.23. The number of nitrogens with one attached hydrogen (secondary N) is 1. The van der Waals surface area contributed by atoms with Crippen LogP contribution in [0.4, 0.5) is 5.69 Å². The van der Waals surface area contributed by atoms with Crippen molar-refractivity contribution in [1.82, 2.24) is 0 Å². The van der Waals surface area contributed by atoms with Gasteiger partial charge in [-0.15, -0.1) is 0 Å². The zero-order valence-electron chi connectivity index (χ0n) is 17.7. The van der Waals surface area contributed by atoms with Crippen molar-refractivity contribution >= 4 is 39.4 Å². The van der Waals surface area contributed by atoms with Crippen molar-refractivity contribution in [3.8, 4) is 17.6 Å². The summed E-state index contributed by atoms with van der Waals surface area (Å²) in [6.07, 6.45) is 1.24. The summed E-state index contributed by atoms with van der Waals surface area (Å²) < 4.78 is 36.1. The van der Waals surface area contributed by atoms with Gasteiger partial charge in [0.15, 0.2) is 5.75 Å². The molecule has 0 saturated heterocycles. The van der Waals surface area contributed by atoms with E-state index in [0.29, 0.717) is 16.5 Å². The zero-order chi connectivity index (χ0) is 24.0. The lowest BCUT2D eigenvalue weighted by Crippen LogP contribution is -2.14. The number of carbonyl (C=O) groups is 1. The molecule has 0 aliphatic heterocycles. The van der Waals surface area contributed by atoms with E-state index in [0.717, 1.165) is 5.56 Å². The Hall–Kier alpha value is -3.80. The first-order valence-electron chi connectivity index (χ1n) is 9.60. The first kappa shape index (κ1) is 23.9. The predicted molar refractivity (Wildman–Crippen MR) is 126 cm³/mol. The van der Waals surface area contributed by atoms with Gasteiger partial charge in [-0.2, -0.15) is 13.7 Å². The fraction of sp³-hybridized carbons (Fsp3) is 0.0833. The third-order valence-corrected chi connectivity index (χ3v) is 5.96. The molecular formula is C24H19ClN2O5S. The van der Waals surface area contributed by atoms with Crippen molar-refractivity contribution in [1.29, 1.82) is 5.26 Å². The van der Waals surface area contributed by atoms with Gasteiger partial charge in [0.1, 0.15) is 22.3 Å². The molecule has 168 valence electrons. The van der Waals surface area contributed by atoms with E-state index in [2.05, 4.69) is 5.32 Å². The summed E-state index contributed by atoms with van der Waals surface area (Å²) >= 11 is 5.93. The SMILES string of the molecule is COc1ccc(/C=C(\C#N)C(=O)Nc2cccc(Cl)c2)c(OS(=O)(=O)c2ccc(C)cc2)c1. The van der Waals surface area contributed by atoms with E-state index < -0.39 is 16.0 Å². The van der Waals surface area contributed by atoms with Gasteiger partial charge in [0.05, 0.1) is 7.11 Å². The number of carbonyl (C=O) groups excluding carboxylic acids is 1. The maximum Gasteiger partial charge on any atom is 0.339 e. The molecule has 0 aromatic heterocycles. The van der Waals surface area contributed by atoms with Crippen molar-refractivity contribution in [2.45, 2.75) is 11.8 Å². The lowest BCUT2D eigenvalue weighted by molar-refractivity contribution is -0.112. The van der Waals surface area contributed by atoms with Crippen molar-refractivity contribution in [2.24, 2.45) is 0 Å². The van der Waals surface area contributed by atoms with E-state index in [4.69, 9.17) is 20.5 Å². The van der Waals surface area contributed by atoms with Gasteiger partial charge in [0, 0.05) is 22.3 Å². The van der Waals surface area contributed by atoms with E-state index in [9.17, 15) is 18.5 Å². The molecule has 3 rings (SSSR count). The van der Waals surface area contributed by atoms with Crippen molar-refractivity contribution in [2.75, 3.05) is 12.4 Å². The monoisotopic (exact) mass is 482 g/mol. The lowest BCUT2D eigenvalue weighted by atomic mass is 10.1. The number of nitriles is 1. The molecule has 3 aromatic rings. The molecular weight excluding hydrogens is 464 g/mol. The molecule has 1 amide bonds. The smallest absolute Gasteiger partial charge is 0.339 e. The second-order valence-electron chi connectivity index (χ2n) is 6.89. The molecule has 0 unspecified atom stereocenters. The van der Waals surface area contributed by atoms with Crippen molar-refractivity contribution < 1.29 is 22.1 Å². The van der Waals surface area contributed by atoms with E-state index in [1.807, 2.05) is 13.0 Å². The number of ether oxygens (including phenoxy) is 1. The van der Waals surface area contributed by atoms with Gasteiger partial charge < -0.3 is 14.2 Å². The standard InChI is InChI=1S/C24H19ClN2O5S/c1-16-6-10-22(11-7-16)33(29,30)32-23-14-21(31-2)9-8-17(23)12-18(15-26)24(28)27-20-5-3-4-19(25)13-20/h3-14H,1-2H3,(H,27,28)/b18-12+. The van der Waals surface area contributed by atoms with Gasteiger partial charge in [0.2, 0.25) is 0 Å². The van der Waals surface area contributed by atoms with Crippen LogP contribution >= 0.6 is 11.6 Å². The minimum absolute atomic E-state index is 0.0370. The molecule has 7 nitrogen and oxygen atoms in total. The third kappa shape index (κ3) is 6.13. The van der Waals surface area contributed by atoms with Crippen molar-refractivity contribution in [3.05, 3.63) is 88.5 Å². The molecule has 9 heteroatoms. The summed E-state index contributed by atoms with van der Waals surface area (Å²) in [5, 5.41) is 12.5. The summed E-state index contributed by atoms with van der Waals surface area (Å²) in [7, 11) is -2.76. The predicted octanol–water partition coefficient (Wildman–Crippen LogP) is 4.97. The maximum atomic E-state index is 12.8. The van der Waals surface area contributed by atoms with Gasteiger partial charge in [-0.3, -0.25) is 4.79 Å². The molecule has 0 bridgehead atoms. The fourth-order valence-corrected chi connectivity index (χ4v) is 3.91. The zero-order valence-corrected chi connectivity index (χ0v) is 19.3. The average Bonchev–Trinajstić information content (AvgIpc) is 2.78. The van der Waals surface area contributed by atoms with Gasteiger partial charge in [0.25, 0.3) is 5.91 Å². The Morgan fingerprint density at radius 1 is 1.09 bits per heavy atom. The number of hydrogen-bond donors (Lipinski definition) is 1. The number of nitrogens with zero attached hydrogens (tertiary/aromatic N) is 1. The Morgan fingerprint density at radius 3 is 2.45 bits per heavy atom. The number of rotatable bonds is 7. The highest BCUT2D eigenvalue weighted by atomic mass is 35.5. The number of benzene rings is 3. The van der Waals surface area contributed by atoms with Crippen LogP contribution in [0, 0.1) is 18.3 Å². The highest BCUT2D eigenvalue weighted by Gasteiger charge is 2.20. The molecule has 0 saturated carbocycles. The molecule has 0 aliphatic rings. The molecule has 0 atom stereocenters. The second kappa shape index (κ2) is 10.2. The Labute approximate surface area is 197 Å². The van der Waals surface area contributed by atoms with Gasteiger partial charge in [-0.1, -0.05) is 35.4 Å².